The van der Waals surface area contributed by atoms with Crippen LogP contribution in [0.1, 0.15) is 12.5 Å². The first-order valence-corrected chi connectivity index (χ1v) is 9.02. The van der Waals surface area contributed by atoms with E-state index in [1.807, 2.05) is 30.3 Å². The minimum absolute atomic E-state index is 0.0424. The summed E-state index contributed by atoms with van der Waals surface area (Å²) in [5.41, 5.74) is 1.23. The van der Waals surface area contributed by atoms with Gasteiger partial charge in [0.25, 0.3) is 0 Å². The molecule has 0 spiro atoms. The summed E-state index contributed by atoms with van der Waals surface area (Å²) in [6.07, 6.45) is 0.337. The molecule has 1 N–H and O–H groups in total. The molecule has 2 aromatic carbocycles. The van der Waals surface area contributed by atoms with Gasteiger partial charge in [0.05, 0.1) is 17.1 Å². The summed E-state index contributed by atoms with van der Waals surface area (Å²) in [6, 6.07) is 12.8. The summed E-state index contributed by atoms with van der Waals surface area (Å²) in [5.74, 6) is -1.01. The highest BCUT2D eigenvalue weighted by molar-refractivity contribution is 7.92. The largest absolute Gasteiger partial charge is 0.314 e. The van der Waals surface area contributed by atoms with E-state index < -0.39 is 15.8 Å². The summed E-state index contributed by atoms with van der Waals surface area (Å²) >= 11 is 0. The van der Waals surface area contributed by atoms with Crippen LogP contribution >= 0.6 is 0 Å². The fourth-order valence-electron chi connectivity index (χ4n) is 2.17. The Morgan fingerprint density at radius 2 is 1.83 bits per heavy atom. The van der Waals surface area contributed by atoms with Crippen molar-refractivity contribution in [3.8, 4) is 0 Å². The Balaban J connectivity index is 2.19. The van der Waals surface area contributed by atoms with Gasteiger partial charge in [0.2, 0.25) is 15.9 Å². The molecule has 1 amide bonds. The van der Waals surface area contributed by atoms with Gasteiger partial charge in [0.1, 0.15) is 5.82 Å². The summed E-state index contributed by atoms with van der Waals surface area (Å²) in [4.78, 5) is 12.8. The third-order valence-corrected chi connectivity index (χ3v) is 4.83. The molecule has 24 heavy (non-hydrogen) atoms. The molecule has 0 fully saturated rings. The third-order valence-electron chi connectivity index (χ3n) is 3.56. The van der Waals surface area contributed by atoms with E-state index in [9.17, 15) is 17.6 Å². The average Bonchev–Trinajstić information content (AvgIpc) is 2.53. The molecule has 5 nitrogen and oxygen atoms in total. The lowest BCUT2D eigenvalue weighted by Gasteiger charge is -2.20. The molecule has 0 aliphatic carbocycles. The van der Waals surface area contributed by atoms with Gasteiger partial charge in [-0.2, -0.15) is 0 Å². The van der Waals surface area contributed by atoms with Gasteiger partial charge in [-0.05, 0) is 24.1 Å². The van der Waals surface area contributed by atoms with E-state index >= 15 is 0 Å². The minimum Gasteiger partial charge on any atom is -0.314 e. The fourth-order valence-corrected chi connectivity index (χ4v) is 3.27. The number of amides is 1. The molecule has 0 aliphatic heterocycles. The van der Waals surface area contributed by atoms with E-state index in [0.29, 0.717) is 12.1 Å². The second-order valence-corrected chi connectivity index (χ2v) is 7.24. The van der Waals surface area contributed by atoms with Gasteiger partial charge in [-0.25, -0.2) is 12.8 Å². The van der Waals surface area contributed by atoms with Crippen LogP contribution in [0.2, 0.25) is 0 Å². The fraction of sp³-hybridized carbons (Fsp3) is 0.235. The lowest BCUT2D eigenvalue weighted by Crippen LogP contribution is -2.26. The van der Waals surface area contributed by atoms with Crippen LogP contribution in [0.25, 0.3) is 0 Å². The second-order valence-electron chi connectivity index (χ2n) is 5.40. The van der Waals surface area contributed by atoms with Crippen LogP contribution in [0.15, 0.2) is 48.5 Å². The molecule has 0 saturated carbocycles. The van der Waals surface area contributed by atoms with Crippen molar-refractivity contribution in [3.63, 3.8) is 0 Å². The zero-order valence-electron chi connectivity index (χ0n) is 13.5. The number of anilines is 2. The molecule has 0 heterocycles. The first kappa shape index (κ1) is 17.9. The van der Waals surface area contributed by atoms with E-state index in [0.717, 1.165) is 11.6 Å². The SMILES string of the molecule is CC(=O)N(C)c1ccc(F)cc1NS(=O)(=O)CCc1ccccc1. The van der Waals surface area contributed by atoms with Gasteiger partial charge in [0, 0.05) is 20.0 Å². The molecule has 0 unspecified atom stereocenters. The highest BCUT2D eigenvalue weighted by Gasteiger charge is 2.17. The molecule has 0 aromatic heterocycles. The zero-order valence-corrected chi connectivity index (χ0v) is 14.3. The van der Waals surface area contributed by atoms with Crippen molar-refractivity contribution >= 4 is 27.3 Å². The van der Waals surface area contributed by atoms with Crippen molar-refractivity contribution in [2.24, 2.45) is 0 Å². The molecule has 0 radical (unpaired) electrons. The number of hydrogen-bond donors (Lipinski definition) is 1. The predicted octanol–water partition coefficient (Wildman–Crippen LogP) is 2.79. The lowest BCUT2D eigenvalue weighted by atomic mass is 10.2. The highest BCUT2D eigenvalue weighted by Crippen LogP contribution is 2.27. The van der Waals surface area contributed by atoms with Gasteiger partial charge in [-0.15, -0.1) is 0 Å². The number of rotatable bonds is 6. The van der Waals surface area contributed by atoms with Gasteiger partial charge in [0.15, 0.2) is 0 Å². The smallest absolute Gasteiger partial charge is 0.233 e. The van der Waals surface area contributed by atoms with Gasteiger partial charge in [-0.3, -0.25) is 9.52 Å². The van der Waals surface area contributed by atoms with Crippen LogP contribution < -0.4 is 9.62 Å². The number of nitrogens with one attached hydrogen (secondary N) is 1. The minimum atomic E-state index is -3.69. The van der Waals surface area contributed by atoms with E-state index in [4.69, 9.17) is 0 Å². The lowest BCUT2D eigenvalue weighted by molar-refractivity contribution is -0.116. The van der Waals surface area contributed by atoms with Crippen LogP contribution in [0.5, 0.6) is 0 Å². The van der Waals surface area contributed by atoms with Crippen LogP contribution in [-0.4, -0.2) is 27.1 Å². The van der Waals surface area contributed by atoms with Crippen LogP contribution in [0.3, 0.4) is 0 Å². The number of aryl methyl sites for hydroxylation is 1. The molecule has 0 saturated heterocycles. The van der Waals surface area contributed by atoms with E-state index in [-0.39, 0.29) is 17.3 Å². The Morgan fingerprint density at radius 1 is 1.17 bits per heavy atom. The molecule has 0 bridgehead atoms. The number of benzene rings is 2. The number of halogens is 1. The Bertz CT molecular complexity index is 823. The quantitative estimate of drug-likeness (QED) is 0.871. The Labute approximate surface area is 141 Å². The third kappa shape index (κ3) is 4.79. The maximum atomic E-state index is 13.5. The Hall–Kier alpha value is -2.41. The molecular formula is C17H19FN2O3S. The number of carbonyl (C=O) groups excluding carboxylic acids is 1. The summed E-state index contributed by atoms with van der Waals surface area (Å²) in [6.45, 7) is 1.34. The van der Waals surface area contributed by atoms with Crippen molar-refractivity contribution < 1.29 is 17.6 Å². The van der Waals surface area contributed by atoms with E-state index in [1.54, 1.807) is 0 Å². The molecule has 0 aliphatic rings. The molecule has 2 rings (SSSR count). The van der Waals surface area contributed by atoms with Crippen molar-refractivity contribution in [2.45, 2.75) is 13.3 Å². The first-order valence-electron chi connectivity index (χ1n) is 7.37. The van der Waals surface area contributed by atoms with Gasteiger partial charge >= 0.3 is 0 Å². The van der Waals surface area contributed by atoms with Crippen molar-refractivity contribution in [3.05, 3.63) is 59.9 Å². The van der Waals surface area contributed by atoms with Crippen molar-refractivity contribution in [1.82, 2.24) is 0 Å². The molecule has 0 atom stereocenters. The summed E-state index contributed by atoms with van der Waals surface area (Å²) in [5, 5.41) is 0. The Kier molecular flexibility index (Phi) is 5.56. The normalized spacial score (nSPS) is 11.1. The van der Waals surface area contributed by atoms with Crippen LogP contribution in [0, 0.1) is 5.82 Å². The highest BCUT2D eigenvalue weighted by atomic mass is 32.2. The predicted molar refractivity (Wildman–Crippen MR) is 93.0 cm³/mol. The van der Waals surface area contributed by atoms with E-state index in [1.165, 1.54) is 31.0 Å². The van der Waals surface area contributed by atoms with Crippen molar-refractivity contribution in [2.75, 3.05) is 22.4 Å². The number of sulfonamides is 1. The molecule has 128 valence electrons. The summed E-state index contributed by atoms with van der Waals surface area (Å²) < 4.78 is 40.5. The van der Waals surface area contributed by atoms with Crippen LogP contribution in [-0.2, 0) is 21.2 Å². The Morgan fingerprint density at radius 3 is 2.46 bits per heavy atom. The molecule has 7 heteroatoms. The number of nitrogens with zero attached hydrogens (tertiary/aromatic N) is 1. The first-order chi connectivity index (χ1) is 11.3. The number of carbonyl (C=O) groups is 1. The molecule has 2 aromatic rings. The van der Waals surface area contributed by atoms with Gasteiger partial charge < -0.3 is 4.90 Å². The van der Waals surface area contributed by atoms with Crippen molar-refractivity contribution in [1.29, 1.82) is 0 Å². The topological polar surface area (TPSA) is 66.5 Å². The standard InChI is InChI=1S/C17H19FN2O3S/c1-13(21)20(2)17-9-8-15(18)12-16(17)19-24(22,23)11-10-14-6-4-3-5-7-14/h3-9,12,19H,10-11H2,1-2H3. The maximum absolute atomic E-state index is 13.5. The van der Waals surface area contributed by atoms with Crippen LogP contribution in [0.4, 0.5) is 15.8 Å². The maximum Gasteiger partial charge on any atom is 0.233 e. The zero-order chi connectivity index (χ0) is 17.7. The average molecular weight is 350 g/mol. The number of hydrogen-bond acceptors (Lipinski definition) is 3. The van der Waals surface area contributed by atoms with Gasteiger partial charge in [-0.1, -0.05) is 30.3 Å². The monoisotopic (exact) mass is 350 g/mol. The second kappa shape index (κ2) is 7.44. The summed E-state index contributed by atoms with van der Waals surface area (Å²) in [7, 11) is -2.19. The van der Waals surface area contributed by atoms with E-state index in [2.05, 4.69) is 4.72 Å². The molecular weight excluding hydrogens is 331 g/mol.